The second kappa shape index (κ2) is 2.55. The Hall–Kier alpha value is -0.963. The van der Waals surface area contributed by atoms with Gasteiger partial charge in [-0.2, -0.15) is 0 Å². The summed E-state index contributed by atoms with van der Waals surface area (Å²) in [5, 5.41) is 0. The Morgan fingerprint density at radius 3 is 2.44 bits per heavy atom. The van der Waals surface area contributed by atoms with Gasteiger partial charge in [-0.05, 0) is 12.1 Å². The molecule has 0 heterocycles. The lowest BCUT2D eigenvalue weighted by Gasteiger charge is -2.01. The number of nitrogens with two attached hydrogens (primary N) is 1. The minimum Gasteiger partial charge on any atom is -0.411 e. The Kier molecular flexibility index (Phi) is 1.74. The summed E-state index contributed by atoms with van der Waals surface area (Å²) < 4.78 is 0. The molecule has 2 nitrogen and oxygen atoms in total. The third-order valence-corrected chi connectivity index (χ3v) is 1.36. The van der Waals surface area contributed by atoms with Gasteiger partial charge in [-0.3, -0.25) is 0 Å². The van der Waals surface area contributed by atoms with E-state index in [2.05, 4.69) is 15.4 Å². The van der Waals surface area contributed by atoms with Crippen LogP contribution in [0.3, 0.4) is 0 Å². The molecule has 3 radical (unpaired) electrons. The number of hydrogen-bond donors (Lipinski definition) is 2. The van der Waals surface area contributed by atoms with Crippen molar-refractivity contribution in [3.05, 3.63) is 24.3 Å². The molecule has 0 atom stereocenters. The molecule has 0 unspecified atom stereocenters. The molecule has 0 aliphatic carbocycles. The molecule has 3 heteroatoms. The van der Waals surface area contributed by atoms with Crippen molar-refractivity contribution in [1.82, 2.24) is 0 Å². The van der Waals surface area contributed by atoms with Crippen molar-refractivity contribution in [1.29, 1.82) is 0 Å². The fourth-order valence-corrected chi connectivity index (χ4v) is 0.839. The van der Waals surface area contributed by atoms with Crippen molar-refractivity contribution in [2.24, 2.45) is 0 Å². The summed E-state index contributed by atoms with van der Waals surface area (Å²) in [7, 11) is 3.12. The maximum Gasteiger partial charge on any atom is 0.186 e. The van der Waals surface area contributed by atoms with Gasteiger partial charge < -0.3 is 10.7 Å². The van der Waals surface area contributed by atoms with E-state index >= 15 is 0 Å². The zero-order valence-corrected chi connectivity index (χ0v) is 5.89. The highest BCUT2D eigenvalue weighted by molar-refractivity contribution is 6.16. The van der Waals surface area contributed by atoms with Crippen LogP contribution < -0.4 is 10.7 Å². The van der Waals surface area contributed by atoms with E-state index in [-0.39, 0.29) is 0 Å². The molecule has 3 N–H and O–H groups in total. The topological polar surface area (TPSA) is 38.0 Å². The van der Waals surface area contributed by atoms with Crippen LogP contribution in [0, 0.1) is 0 Å². The van der Waals surface area contributed by atoms with E-state index in [1.165, 1.54) is 0 Å². The van der Waals surface area contributed by atoms with Crippen LogP contribution in [-0.2, 0) is 0 Å². The Morgan fingerprint density at radius 1 is 1.33 bits per heavy atom. The lowest BCUT2D eigenvalue weighted by molar-refractivity contribution is 1.66. The van der Waals surface area contributed by atoms with Gasteiger partial charge in [0.15, 0.2) is 10.4 Å². The first kappa shape index (κ1) is 6.16. The van der Waals surface area contributed by atoms with Crippen LogP contribution in [0.15, 0.2) is 24.3 Å². The lowest BCUT2D eigenvalue weighted by Crippen LogP contribution is -1.95. The van der Waals surface area contributed by atoms with Crippen LogP contribution >= 0.6 is 0 Å². The van der Waals surface area contributed by atoms with Gasteiger partial charge in [0.05, 0.1) is 5.69 Å². The maximum absolute atomic E-state index is 5.54. The quantitative estimate of drug-likeness (QED) is 0.441. The largest absolute Gasteiger partial charge is 0.411 e. The van der Waals surface area contributed by atoms with Gasteiger partial charge in [-0.1, -0.05) is 12.1 Å². The zero-order valence-electron chi connectivity index (χ0n) is 4.89. The summed E-state index contributed by atoms with van der Waals surface area (Å²) in [6, 6.07) is 7.53. The van der Waals surface area contributed by atoms with Gasteiger partial charge >= 0.3 is 0 Å². The standard InChI is InChI=1S/C6H7N2Si/c7-5-3-1-2-4-6(5)8-9/h1-4,8H,7H2. The van der Waals surface area contributed by atoms with Crippen molar-refractivity contribution >= 4 is 21.8 Å². The van der Waals surface area contributed by atoms with E-state index in [1.54, 1.807) is 0 Å². The number of benzene rings is 1. The summed E-state index contributed by atoms with van der Waals surface area (Å²) in [5.74, 6) is 0. The molecule has 0 aliphatic rings. The lowest BCUT2D eigenvalue weighted by atomic mass is 10.3. The van der Waals surface area contributed by atoms with Crippen molar-refractivity contribution in [2.75, 3.05) is 10.7 Å². The molecule has 1 aromatic rings. The highest BCUT2D eigenvalue weighted by Crippen LogP contribution is 2.14. The summed E-state index contributed by atoms with van der Waals surface area (Å²) in [5.41, 5.74) is 7.18. The molecular formula is C6H7N2Si. The molecule has 0 saturated carbocycles. The molecule has 1 aromatic carbocycles. The number of nitrogen functional groups attached to an aromatic ring is 1. The van der Waals surface area contributed by atoms with E-state index < -0.39 is 0 Å². The number of hydrogen-bond acceptors (Lipinski definition) is 2. The molecule has 1 rings (SSSR count). The van der Waals surface area contributed by atoms with E-state index in [4.69, 9.17) is 5.73 Å². The highest BCUT2D eigenvalue weighted by atomic mass is 28.2. The normalized spacial score (nSPS) is 9.00. The number of rotatable bonds is 1. The number of anilines is 2. The molecule has 0 bridgehead atoms. The molecule has 0 aliphatic heterocycles. The fraction of sp³-hybridized carbons (Fsp3) is 0. The fourth-order valence-electron chi connectivity index (χ4n) is 0.611. The minimum absolute atomic E-state index is 0.743. The average Bonchev–Trinajstić information content (AvgIpc) is 1.89. The molecular weight excluding hydrogens is 128 g/mol. The molecule has 0 amide bonds. The smallest absolute Gasteiger partial charge is 0.186 e. The third-order valence-electron chi connectivity index (χ3n) is 1.10. The SMILES string of the molecule is Nc1ccccc1N[Si]. The summed E-state index contributed by atoms with van der Waals surface area (Å²) in [6.07, 6.45) is 0. The summed E-state index contributed by atoms with van der Waals surface area (Å²) >= 11 is 0. The van der Waals surface area contributed by atoms with Crippen LogP contribution in [0.25, 0.3) is 0 Å². The predicted octanol–water partition coefficient (Wildman–Crippen LogP) is 0.764. The zero-order chi connectivity index (χ0) is 6.69. The third kappa shape index (κ3) is 1.23. The van der Waals surface area contributed by atoms with Crippen molar-refractivity contribution < 1.29 is 0 Å². The maximum atomic E-state index is 5.54. The van der Waals surface area contributed by atoms with Crippen LogP contribution in [-0.4, -0.2) is 10.4 Å². The van der Waals surface area contributed by atoms with E-state index in [9.17, 15) is 0 Å². The Balaban J connectivity index is 3.01. The molecule has 0 spiro atoms. The van der Waals surface area contributed by atoms with Gasteiger partial charge in [0.2, 0.25) is 0 Å². The number of nitrogens with one attached hydrogen (secondary N) is 1. The molecule has 0 saturated heterocycles. The molecule has 0 fully saturated rings. The monoisotopic (exact) mass is 135 g/mol. The minimum atomic E-state index is 0.743. The van der Waals surface area contributed by atoms with Crippen LogP contribution in [0.5, 0.6) is 0 Å². The summed E-state index contributed by atoms with van der Waals surface area (Å²) in [6.45, 7) is 0. The Bertz CT molecular complexity index is 200. The van der Waals surface area contributed by atoms with Crippen molar-refractivity contribution in [2.45, 2.75) is 0 Å². The van der Waals surface area contributed by atoms with Crippen LogP contribution in [0.1, 0.15) is 0 Å². The van der Waals surface area contributed by atoms with E-state index in [0.717, 1.165) is 11.4 Å². The molecule has 0 aromatic heterocycles. The first-order valence-corrected chi connectivity index (χ1v) is 3.12. The second-order valence-electron chi connectivity index (χ2n) is 1.71. The van der Waals surface area contributed by atoms with Crippen LogP contribution in [0.2, 0.25) is 0 Å². The van der Waals surface area contributed by atoms with E-state index in [0.29, 0.717) is 0 Å². The first-order chi connectivity index (χ1) is 4.34. The van der Waals surface area contributed by atoms with Gasteiger partial charge in [0, 0.05) is 5.69 Å². The summed E-state index contributed by atoms with van der Waals surface area (Å²) in [4.78, 5) is 2.78. The second-order valence-corrected chi connectivity index (χ2v) is 1.96. The van der Waals surface area contributed by atoms with Gasteiger partial charge in [-0.25, -0.2) is 0 Å². The van der Waals surface area contributed by atoms with Gasteiger partial charge in [0.25, 0.3) is 0 Å². The Morgan fingerprint density at radius 2 is 2.00 bits per heavy atom. The highest BCUT2D eigenvalue weighted by Gasteiger charge is 1.89. The Labute approximate surface area is 57.6 Å². The predicted molar refractivity (Wildman–Crippen MR) is 40.2 cm³/mol. The van der Waals surface area contributed by atoms with Gasteiger partial charge in [-0.15, -0.1) is 0 Å². The molecule has 45 valence electrons. The van der Waals surface area contributed by atoms with Crippen molar-refractivity contribution in [3.63, 3.8) is 0 Å². The number of para-hydroxylation sites is 2. The van der Waals surface area contributed by atoms with Gasteiger partial charge in [0.1, 0.15) is 0 Å². The van der Waals surface area contributed by atoms with Crippen LogP contribution in [0.4, 0.5) is 11.4 Å². The van der Waals surface area contributed by atoms with Crippen molar-refractivity contribution in [3.8, 4) is 0 Å². The van der Waals surface area contributed by atoms with E-state index in [1.807, 2.05) is 24.3 Å². The first-order valence-electron chi connectivity index (χ1n) is 2.62. The molecule has 9 heavy (non-hydrogen) atoms. The average molecular weight is 135 g/mol.